The summed E-state index contributed by atoms with van der Waals surface area (Å²) in [6.45, 7) is 0.423. The molecule has 0 aromatic heterocycles. The largest absolute Gasteiger partial charge is 0.391 e. The molecular weight excluding hydrogens is 238 g/mol. The molecule has 18 heavy (non-hydrogen) atoms. The van der Waals surface area contributed by atoms with Crippen LogP contribution in [0.25, 0.3) is 0 Å². The number of nitrogens with two attached hydrogens (primary N) is 1. The van der Waals surface area contributed by atoms with Gasteiger partial charge in [-0.3, -0.25) is 14.4 Å². The van der Waals surface area contributed by atoms with Crippen LogP contribution in [-0.4, -0.2) is 53.0 Å². The Balaban J connectivity index is 2.03. The van der Waals surface area contributed by atoms with Crippen LogP contribution >= 0.6 is 0 Å². The number of nitrogens with one attached hydrogen (secondary N) is 1. The molecule has 0 spiro atoms. The van der Waals surface area contributed by atoms with Gasteiger partial charge in [0.15, 0.2) is 0 Å². The van der Waals surface area contributed by atoms with E-state index in [1.165, 1.54) is 4.90 Å². The number of hydrogen-bond donors (Lipinski definition) is 3. The van der Waals surface area contributed by atoms with Crippen LogP contribution in [0.3, 0.4) is 0 Å². The maximum atomic E-state index is 12.2. The normalized spacial score (nSPS) is 32.2. The molecule has 3 unspecified atom stereocenters. The fourth-order valence-corrected chi connectivity index (χ4v) is 2.51. The SMILES string of the molecule is NC(=O)C1CC(O)CN1C(=O)C1CCC(=O)NC1. The summed E-state index contributed by atoms with van der Waals surface area (Å²) in [5.41, 5.74) is 5.23. The second-order valence-corrected chi connectivity index (χ2v) is 4.84. The van der Waals surface area contributed by atoms with Crippen molar-refractivity contribution >= 4 is 17.7 Å². The lowest BCUT2D eigenvalue weighted by atomic mass is 9.97. The first-order chi connectivity index (χ1) is 8.49. The van der Waals surface area contributed by atoms with Crippen molar-refractivity contribution in [2.75, 3.05) is 13.1 Å². The van der Waals surface area contributed by atoms with Crippen LogP contribution in [0, 0.1) is 5.92 Å². The summed E-state index contributed by atoms with van der Waals surface area (Å²) in [4.78, 5) is 35.8. The zero-order valence-electron chi connectivity index (χ0n) is 9.96. The first kappa shape index (κ1) is 12.8. The summed E-state index contributed by atoms with van der Waals surface area (Å²) in [6, 6.07) is -0.731. The van der Waals surface area contributed by atoms with Crippen LogP contribution in [0.1, 0.15) is 19.3 Å². The van der Waals surface area contributed by atoms with E-state index >= 15 is 0 Å². The van der Waals surface area contributed by atoms with Crippen LogP contribution in [0.15, 0.2) is 0 Å². The lowest BCUT2D eigenvalue weighted by Crippen LogP contribution is -2.49. The number of rotatable bonds is 2. The average Bonchev–Trinajstić information content (AvgIpc) is 2.71. The summed E-state index contributed by atoms with van der Waals surface area (Å²) >= 11 is 0. The van der Waals surface area contributed by atoms with E-state index in [2.05, 4.69) is 5.32 Å². The van der Waals surface area contributed by atoms with Gasteiger partial charge in [-0.15, -0.1) is 0 Å². The lowest BCUT2D eigenvalue weighted by Gasteiger charge is -2.29. The quantitative estimate of drug-likeness (QED) is 0.527. The van der Waals surface area contributed by atoms with Crippen molar-refractivity contribution in [3.63, 3.8) is 0 Å². The predicted molar refractivity (Wildman–Crippen MR) is 61.1 cm³/mol. The van der Waals surface area contributed by atoms with Gasteiger partial charge in [-0.1, -0.05) is 0 Å². The molecule has 3 atom stereocenters. The first-order valence-corrected chi connectivity index (χ1v) is 6.03. The standard InChI is InChI=1S/C11H17N3O4/c12-10(17)8-3-7(15)5-14(8)11(18)6-1-2-9(16)13-4-6/h6-8,15H,1-5H2,(H2,12,17)(H,13,16). The molecular formula is C11H17N3O4. The van der Waals surface area contributed by atoms with Gasteiger partial charge in [0.2, 0.25) is 17.7 Å². The second kappa shape index (κ2) is 4.93. The number of nitrogens with zero attached hydrogens (tertiary/aromatic N) is 1. The number of amides is 3. The fraction of sp³-hybridized carbons (Fsp3) is 0.727. The van der Waals surface area contributed by atoms with E-state index in [1.807, 2.05) is 0 Å². The highest BCUT2D eigenvalue weighted by molar-refractivity contribution is 5.89. The molecule has 0 aromatic carbocycles. The second-order valence-electron chi connectivity index (χ2n) is 4.84. The minimum absolute atomic E-state index is 0.0630. The number of hydrogen-bond acceptors (Lipinski definition) is 4. The van der Waals surface area contributed by atoms with Crippen LogP contribution in [0.5, 0.6) is 0 Å². The smallest absolute Gasteiger partial charge is 0.240 e. The third-order valence-corrected chi connectivity index (χ3v) is 3.51. The molecule has 7 heteroatoms. The number of aliphatic hydroxyl groups excluding tert-OH is 1. The van der Waals surface area contributed by atoms with Crippen LogP contribution in [-0.2, 0) is 14.4 Å². The summed E-state index contributed by atoms with van der Waals surface area (Å²) < 4.78 is 0. The third kappa shape index (κ3) is 2.45. The molecule has 0 radical (unpaired) electrons. The Hall–Kier alpha value is -1.63. The van der Waals surface area contributed by atoms with Crippen molar-refractivity contribution in [3.8, 4) is 0 Å². The molecule has 2 aliphatic heterocycles. The van der Waals surface area contributed by atoms with E-state index in [9.17, 15) is 19.5 Å². The number of carbonyl (C=O) groups excluding carboxylic acids is 3. The molecule has 2 aliphatic rings. The zero-order valence-corrected chi connectivity index (χ0v) is 9.96. The molecule has 3 amide bonds. The monoisotopic (exact) mass is 255 g/mol. The molecule has 0 aliphatic carbocycles. The summed E-state index contributed by atoms with van der Waals surface area (Å²) in [6.07, 6.45) is 0.279. The Labute approximate surface area is 104 Å². The highest BCUT2D eigenvalue weighted by Crippen LogP contribution is 2.22. The molecule has 0 aromatic rings. The van der Waals surface area contributed by atoms with E-state index in [4.69, 9.17) is 5.73 Å². The van der Waals surface area contributed by atoms with E-state index in [-0.39, 0.29) is 37.2 Å². The van der Waals surface area contributed by atoms with Gasteiger partial charge in [-0.05, 0) is 6.42 Å². The topological polar surface area (TPSA) is 113 Å². The molecule has 2 heterocycles. The Morgan fingerprint density at radius 2 is 2.17 bits per heavy atom. The molecule has 2 fully saturated rings. The van der Waals surface area contributed by atoms with Crippen LogP contribution in [0.4, 0.5) is 0 Å². The molecule has 0 bridgehead atoms. The molecule has 4 N–H and O–H groups in total. The molecule has 100 valence electrons. The average molecular weight is 255 g/mol. The van der Waals surface area contributed by atoms with E-state index in [0.29, 0.717) is 12.8 Å². The van der Waals surface area contributed by atoms with Gasteiger partial charge in [0.1, 0.15) is 6.04 Å². The van der Waals surface area contributed by atoms with Crippen molar-refractivity contribution in [1.29, 1.82) is 0 Å². The van der Waals surface area contributed by atoms with Gasteiger partial charge in [-0.25, -0.2) is 0 Å². The molecule has 0 saturated carbocycles. The van der Waals surface area contributed by atoms with Crippen molar-refractivity contribution in [2.45, 2.75) is 31.4 Å². The number of likely N-dealkylation sites (tertiary alicyclic amines) is 1. The first-order valence-electron chi connectivity index (χ1n) is 6.03. The Morgan fingerprint density at radius 1 is 1.44 bits per heavy atom. The maximum absolute atomic E-state index is 12.2. The molecule has 2 saturated heterocycles. The minimum Gasteiger partial charge on any atom is -0.391 e. The Bertz CT molecular complexity index is 374. The number of piperidine rings is 1. The van der Waals surface area contributed by atoms with Gasteiger partial charge in [-0.2, -0.15) is 0 Å². The van der Waals surface area contributed by atoms with Crippen molar-refractivity contribution in [2.24, 2.45) is 11.7 Å². The molecule has 7 nitrogen and oxygen atoms in total. The highest BCUT2D eigenvalue weighted by Gasteiger charge is 2.40. The number of primary amides is 1. The Kier molecular flexibility index (Phi) is 3.51. The van der Waals surface area contributed by atoms with Crippen LogP contribution < -0.4 is 11.1 Å². The van der Waals surface area contributed by atoms with Crippen molar-refractivity contribution < 1.29 is 19.5 Å². The van der Waals surface area contributed by atoms with Gasteiger partial charge in [0.05, 0.1) is 12.0 Å². The van der Waals surface area contributed by atoms with Gasteiger partial charge in [0, 0.05) is 25.9 Å². The van der Waals surface area contributed by atoms with Gasteiger partial charge in [0.25, 0.3) is 0 Å². The highest BCUT2D eigenvalue weighted by atomic mass is 16.3. The summed E-state index contributed by atoms with van der Waals surface area (Å²) in [5.74, 6) is -1.20. The van der Waals surface area contributed by atoms with E-state index in [1.54, 1.807) is 0 Å². The van der Waals surface area contributed by atoms with Gasteiger partial charge >= 0.3 is 0 Å². The zero-order chi connectivity index (χ0) is 13.3. The number of aliphatic hydroxyl groups is 1. The van der Waals surface area contributed by atoms with E-state index in [0.717, 1.165) is 0 Å². The van der Waals surface area contributed by atoms with Crippen LogP contribution in [0.2, 0.25) is 0 Å². The van der Waals surface area contributed by atoms with Crippen molar-refractivity contribution in [3.05, 3.63) is 0 Å². The van der Waals surface area contributed by atoms with Gasteiger partial charge < -0.3 is 21.1 Å². The number of β-amino-alcohol motifs (C(OH)–C–C–N with tert-alkyl or cyclic N) is 1. The number of carbonyl (C=O) groups is 3. The lowest BCUT2D eigenvalue weighted by molar-refractivity contribution is -0.142. The Morgan fingerprint density at radius 3 is 2.72 bits per heavy atom. The minimum atomic E-state index is -0.731. The maximum Gasteiger partial charge on any atom is 0.240 e. The summed E-state index contributed by atoms with van der Waals surface area (Å²) in [7, 11) is 0. The fourth-order valence-electron chi connectivity index (χ4n) is 2.51. The van der Waals surface area contributed by atoms with E-state index < -0.39 is 18.1 Å². The van der Waals surface area contributed by atoms with Crippen molar-refractivity contribution in [1.82, 2.24) is 10.2 Å². The third-order valence-electron chi connectivity index (χ3n) is 3.51. The summed E-state index contributed by atoms with van der Waals surface area (Å²) in [5, 5.41) is 12.2. The molecule has 2 rings (SSSR count). The predicted octanol–water partition coefficient (Wildman–Crippen LogP) is -2.04.